The van der Waals surface area contributed by atoms with Crippen LogP contribution in [0.25, 0.3) is 0 Å². The average molecular weight is 397 g/mol. The van der Waals surface area contributed by atoms with E-state index >= 15 is 0 Å². The van der Waals surface area contributed by atoms with Crippen molar-refractivity contribution in [3.63, 3.8) is 0 Å². The Morgan fingerprint density at radius 1 is 1.33 bits per heavy atom. The molecule has 1 amide bonds. The van der Waals surface area contributed by atoms with Gasteiger partial charge in [-0.2, -0.15) is 0 Å². The second-order valence-corrected chi connectivity index (χ2v) is 9.19. The van der Waals surface area contributed by atoms with Crippen molar-refractivity contribution in [3.05, 3.63) is 29.8 Å². The topological polar surface area (TPSA) is 84.9 Å². The van der Waals surface area contributed by atoms with Crippen LogP contribution in [0, 0.1) is 5.92 Å². The first-order valence-corrected chi connectivity index (χ1v) is 11.4. The van der Waals surface area contributed by atoms with Crippen molar-refractivity contribution in [2.45, 2.75) is 31.8 Å². The summed E-state index contributed by atoms with van der Waals surface area (Å²) < 4.78 is 36.5. The van der Waals surface area contributed by atoms with Crippen LogP contribution < -0.4 is 9.46 Å². The summed E-state index contributed by atoms with van der Waals surface area (Å²) >= 11 is 0. The summed E-state index contributed by atoms with van der Waals surface area (Å²) in [5.41, 5.74) is 0.594. The van der Waals surface area contributed by atoms with Crippen LogP contribution in [-0.2, 0) is 14.8 Å². The molecule has 1 N–H and O–H groups in total. The number of benzene rings is 1. The van der Waals surface area contributed by atoms with Gasteiger partial charge < -0.3 is 14.4 Å². The smallest absolute Gasteiger partial charge is 0.253 e. The maximum Gasteiger partial charge on any atom is 0.253 e. The third-order valence-corrected chi connectivity index (χ3v) is 5.67. The molecular weight excluding hydrogens is 368 g/mol. The van der Waals surface area contributed by atoms with Crippen molar-refractivity contribution in [1.82, 2.24) is 9.62 Å². The molecule has 1 aromatic carbocycles. The van der Waals surface area contributed by atoms with Crippen LogP contribution in [0.3, 0.4) is 0 Å². The minimum atomic E-state index is -3.21. The van der Waals surface area contributed by atoms with E-state index in [0.29, 0.717) is 37.6 Å². The number of nitrogens with zero attached hydrogens (tertiary/aromatic N) is 1. The van der Waals surface area contributed by atoms with Gasteiger partial charge in [-0.25, -0.2) is 13.1 Å². The van der Waals surface area contributed by atoms with E-state index < -0.39 is 10.0 Å². The number of likely N-dealkylation sites (tertiary alicyclic amines) is 1. The number of piperidine rings is 1. The summed E-state index contributed by atoms with van der Waals surface area (Å²) in [5.74, 6) is 0.765. The highest BCUT2D eigenvalue weighted by Crippen LogP contribution is 2.21. The van der Waals surface area contributed by atoms with Crippen molar-refractivity contribution in [1.29, 1.82) is 0 Å². The predicted molar refractivity (Wildman–Crippen MR) is 102 cm³/mol. The number of carbonyl (C=O) groups excluding carboxylic acids is 1. The van der Waals surface area contributed by atoms with Crippen LogP contribution in [-0.4, -0.2) is 64.4 Å². The standard InChI is InChI=1S/C19H28N2O5S/c1-27(23,24)20-12-15-5-3-9-21(13-15)19(22)16-6-2-7-17(11-16)26-14-18-8-4-10-25-18/h2,6-7,11,15,18,20H,3-5,8-10,12-14H2,1H3/t15-,18+/m0/s1. The third kappa shape index (κ3) is 6.19. The second-order valence-electron chi connectivity index (χ2n) is 7.35. The van der Waals surface area contributed by atoms with Gasteiger partial charge in [-0.3, -0.25) is 4.79 Å². The van der Waals surface area contributed by atoms with Crippen molar-refractivity contribution < 1.29 is 22.7 Å². The molecule has 2 aliphatic rings. The lowest BCUT2D eigenvalue weighted by molar-refractivity contribution is 0.0664. The highest BCUT2D eigenvalue weighted by Gasteiger charge is 2.25. The van der Waals surface area contributed by atoms with E-state index in [1.807, 2.05) is 12.1 Å². The van der Waals surface area contributed by atoms with Gasteiger partial charge in [-0.15, -0.1) is 0 Å². The summed E-state index contributed by atoms with van der Waals surface area (Å²) in [6.07, 6.45) is 5.15. The molecule has 0 unspecified atom stereocenters. The first-order valence-electron chi connectivity index (χ1n) is 9.49. The molecule has 27 heavy (non-hydrogen) atoms. The molecule has 0 aliphatic carbocycles. The van der Waals surface area contributed by atoms with E-state index in [-0.39, 0.29) is 17.9 Å². The largest absolute Gasteiger partial charge is 0.491 e. The molecule has 1 aromatic rings. The highest BCUT2D eigenvalue weighted by atomic mass is 32.2. The fraction of sp³-hybridized carbons (Fsp3) is 0.632. The number of hydrogen-bond acceptors (Lipinski definition) is 5. The summed E-state index contributed by atoms with van der Waals surface area (Å²) in [5, 5.41) is 0. The monoisotopic (exact) mass is 396 g/mol. The molecule has 2 fully saturated rings. The van der Waals surface area contributed by atoms with Gasteiger partial charge in [0.2, 0.25) is 10.0 Å². The molecule has 2 aliphatic heterocycles. The second kappa shape index (κ2) is 9.03. The molecule has 0 spiro atoms. The Balaban J connectivity index is 1.56. The lowest BCUT2D eigenvalue weighted by Crippen LogP contribution is -2.43. The molecule has 2 saturated heterocycles. The lowest BCUT2D eigenvalue weighted by Gasteiger charge is -2.33. The molecule has 2 atom stereocenters. The molecule has 0 radical (unpaired) electrons. The minimum Gasteiger partial charge on any atom is -0.491 e. The molecule has 150 valence electrons. The molecule has 7 nitrogen and oxygen atoms in total. The van der Waals surface area contributed by atoms with Crippen molar-refractivity contribution in [2.24, 2.45) is 5.92 Å². The number of ether oxygens (including phenoxy) is 2. The third-order valence-electron chi connectivity index (χ3n) is 4.98. The Hall–Kier alpha value is -1.64. The quantitative estimate of drug-likeness (QED) is 0.757. The fourth-order valence-electron chi connectivity index (χ4n) is 3.55. The van der Waals surface area contributed by atoms with Gasteiger partial charge in [0, 0.05) is 31.8 Å². The highest BCUT2D eigenvalue weighted by molar-refractivity contribution is 7.88. The van der Waals surface area contributed by atoms with Gasteiger partial charge in [0.1, 0.15) is 12.4 Å². The zero-order valence-electron chi connectivity index (χ0n) is 15.7. The van der Waals surface area contributed by atoms with Gasteiger partial charge in [-0.05, 0) is 49.8 Å². The summed E-state index contributed by atoms with van der Waals surface area (Å²) in [6, 6.07) is 7.24. The van der Waals surface area contributed by atoms with Crippen LogP contribution in [0.4, 0.5) is 0 Å². The Morgan fingerprint density at radius 3 is 2.93 bits per heavy atom. The average Bonchev–Trinajstić information content (AvgIpc) is 3.18. The van der Waals surface area contributed by atoms with E-state index in [0.717, 1.165) is 38.5 Å². The summed E-state index contributed by atoms with van der Waals surface area (Å²) in [6.45, 7) is 2.90. The first kappa shape index (κ1) is 20.1. The normalized spacial score (nSPS) is 23.4. The number of carbonyl (C=O) groups is 1. The maximum absolute atomic E-state index is 12.9. The molecular formula is C19H28N2O5S. The summed E-state index contributed by atoms with van der Waals surface area (Å²) in [4.78, 5) is 14.7. The molecule has 0 bridgehead atoms. The van der Waals surface area contributed by atoms with E-state index in [4.69, 9.17) is 9.47 Å². The maximum atomic E-state index is 12.9. The zero-order chi connectivity index (χ0) is 19.3. The van der Waals surface area contributed by atoms with Crippen LogP contribution in [0.2, 0.25) is 0 Å². The zero-order valence-corrected chi connectivity index (χ0v) is 16.5. The predicted octanol–water partition coefficient (Wildman–Crippen LogP) is 1.65. The summed E-state index contributed by atoms with van der Waals surface area (Å²) in [7, 11) is -3.21. The molecule has 8 heteroatoms. The first-order chi connectivity index (χ1) is 12.9. The van der Waals surface area contributed by atoms with Gasteiger partial charge in [0.05, 0.1) is 12.4 Å². The number of amides is 1. The van der Waals surface area contributed by atoms with Gasteiger partial charge in [-0.1, -0.05) is 6.07 Å². The van der Waals surface area contributed by atoms with E-state index in [9.17, 15) is 13.2 Å². The number of rotatable bonds is 7. The van der Waals surface area contributed by atoms with Crippen molar-refractivity contribution >= 4 is 15.9 Å². The Kier molecular flexibility index (Phi) is 6.73. The Labute approximate surface area is 161 Å². The van der Waals surface area contributed by atoms with Gasteiger partial charge >= 0.3 is 0 Å². The van der Waals surface area contributed by atoms with Crippen molar-refractivity contribution in [2.75, 3.05) is 39.1 Å². The Bertz CT molecular complexity index is 746. The van der Waals surface area contributed by atoms with Gasteiger partial charge in [0.15, 0.2) is 0 Å². The molecule has 0 aromatic heterocycles. The number of sulfonamides is 1. The van der Waals surface area contributed by atoms with Crippen LogP contribution in [0.15, 0.2) is 24.3 Å². The van der Waals surface area contributed by atoms with E-state index in [1.54, 1.807) is 17.0 Å². The fourth-order valence-corrected chi connectivity index (χ4v) is 4.09. The minimum absolute atomic E-state index is 0.0402. The van der Waals surface area contributed by atoms with Crippen LogP contribution >= 0.6 is 0 Å². The molecule has 3 rings (SSSR count). The number of hydrogen-bond donors (Lipinski definition) is 1. The van der Waals surface area contributed by atoms with Crippen molar-refractivity contribution in [3.8, 4) is 5.75 Å². The van der Waals surface area contributed by atoms with Gasteiger partial charge in [0.25, 0.3) is 5.91 Å². The van der Waals surface area contributed by atoms with E-state index in [1.165, 1.54) is 0 Å². The van der Waals surface area contributed by atoms with Crippen LogP contribution in [0.5, 0.6) is 5.75 Å². The number of nitrogens with one attached hydrogen (secondary N) is 1. The lowest BCUT2D eigenvalue weighted by atomic mass is 9.97. The Morgan fingerprint density at radius 2 is 2.19 bits per heavy atom. The molecule has 0 saturated carbocycles. The SMILES string of the molecule is CS(=O)(=O)NC[C@@H]1CCCN(C(=O)c2cccc(OC[C@H]3CCCO3)c2)C1. The molecule has 2 heterocycles. The van der Waals surface area contributed by atoms with E-state index in [2.05, 4.69) is 4.72 Å². The van der Waals surface area contributed by atoms with Crippen LogP contribution in [0.1, 0.15) is 36.0 Å².